The summed E-state index contributed by atoms with van der Waals surface area (Å²) >= 11 is 0. The molecule has 2 N–H and O–H groups in total. The van der Waals surface area contributed by atoms with Gasteiger partial charge in [-0.25, -0.2) is 12.8 Å². The fourth-order valence-electron chi connectivity index (χ4n) is 1.69. The van der Waals surface area contributed by atoms with Crippen LogP contribution in [0, 0.1) is 5.82 Å². The predicted molar refractivity (Wildman–Crippen MR) is 69.6 cm³/mol. The van der Waals surface area contributed by atoms with Gasteiger partial charge in [0.2, 0.25) is 0 Å². The molecule has 102 valence electrons. The van der Waals surface area contributed by atoms with Crippen molar-refractivity contribution >= 4 is 15.7 Å². The summed E-state index contributed by atoms with van der Waals surface area (Å²) in [6.45, 7) is 1.49. The Morgan fingerprint density at radius 2 is 1.89 bits per heavy atom. The Morgan fingerprint density at radius 1 is 1.32 bits per heavy atom. The van der Waals surface area contributed by atoms with E-state index in [9.17, 15) is 12.8 Å². The Kier molecular flexibility index (Phi) is 3.32. The van der Waals surface area contributed by atoms with E-state index in [1.165, 1.54) is 31.2 Å². The lowest BCUT2D eigenvalue weighted by atomic mass is 10.0. The van der Waals surface area contributed by atoms with Gasteiger partial charge in [0, 0.05) is 6.26 Å². The van der Waals surface area contributed by atoms with Crippen molar-refractivity contribution in [2.24, 2.45) is 0 Å². The number of hydrogen-bond donors (Lipinski definition) is 1. The highest BCUT2D eigenvalue weighted by molar-refractivity contribution is 7.90. The van der Waals surface area contributed by atoms with E-state index in [2.05, 4.69) is 5.16 Å². The van der Waals surface area contributed by atoms with Gasteiger partial charge >= 0.3 is 0 Å². The average Bonchev–Trinajstić information content (AvgIpc) is 2.70. The molecule has 19 heavy (non-hydrogen) atoms. The molecule has 0 aliphatic rings. The SMILES string of the molecule is CC(c1onc(N)c1-c1ccc(F)cc1)S(C)(=O)=O. The van der Waals surface area contributed by atoms with Crippen molar-refractivity contribution in [3.05, 3.63) is 35.8 Å². The summed E-state index contributed by atoms with van der Waals surface area (Å²) in [5, 5.41) is 2.72. The standard InChI is InChI=1S/C12H13FN2O3S/c1-7(19(2,16)17)11-10(12(14)15-18-11)8-3-5-9(13)6-4-8/h3-7H,1-2H3,(H2,14,15). The molecule has 1 heterocycles. The number of benzene rings is 1. The molecule has 2 rings (SSSR count). The van der Waals surface area contributed by atoms with Crippen LogP contribution in [0.3, 0.4) is 0 Å². The van der Waals surface area contributed by atoms with Gasteiger partial charge in [-0.15, -0.1) is 0 Å². The third kappa shape index (κ3) is 2.60. The molecule has 0 radical (unpaired) electrons. The molecule has 0 saturated heterocycles. The molecule has 1 unspecified atom stereocenters. The summed E-state index contributed by atoms with van der Waals surface area (Å²) in [6.07, 6.45) is 1.10. The smallest absolute Gasteiger partial charge is 0.175 e. The second-order valence-corrected chi connectivity index (χ2v) is 6.65. The molecule has 0 amide bonds. The van der Waals surface area contributed by atoms with Crippen molar-refractivity contribution < 1.29 is 17.3 Å². The van der Waals surface area contributed by atoms with Crippen molar-refractivity contribution in [3.8, 4) is 11.1 Å². The van der Waals surface area contributed by atoms with Crippen molar-refractivity contribution in [3.63, 3.8) is 0 Å². The third-order valence-corrected chi connectivity index (χ3v) is 4.39. The van der Waals surface area contributed by atoms with Gasteiger partial charge in [-0.2, -0.15) is 0 Å². The topological polar surface area (TPSA) is 86.2 Å². The maximum Gasteiger partial charge on any atom is 0.175 e. The lowest BCUT2D eigenvalue weighted by Crippen LogP contribution is -2.08. The highest BCUT2D eigenvalue weighted by Crippen LogP contribution is 2.35. The first kappa shape index (κ1) is 13.5. The molecule has 0 bridgehead atoms. The number of aromatic nitrogens is 1. The number of rotatable bonds is 3. The molecule has 0 fully saturated rings. The van der Waals surface area contributed by atoms with Crippen LogP contribution in [0.25, 0.3) is 11.1 Å². The average molecular weight is 284 g/mol. The molecule has 0 spiro atoms. The van der Waals surface area contributed by atoms with Crippen LogP contribution < -0.4 is 5.73 Å². The number of anilines is 1. The van der Waals surface area contributed by atoms with Crippen LogP contribution >= 0.6 is 0 Å². The zero-order chi connectivity index (χ0) is 14.2. The zero-order valence-electron chi connectivity index (χ0n) is 10.4. The van der Waals surface area contributed by atoms with E-state index in [-0.39, 0.29) is 11.6 Å². The summed E-state index contributed by atoms with van der Waals surface area (Å²) in [6, 6.07) is 5.51. The summed E-state index contributed by atoms with van der Waals surface area (Å²) < 4.78 is 41.1. The molecule has 1 aromatic carbocycles. The Balaban J connectivity index is 2.58. The molecule has 5 nitrogen and oxygen atoms in total. The van der Waals surface area contributed by atoms with Gasteiger partial charge in [-0.3, -0.25) is 0 Å². The lowest BCUT2D eigenvalue weighted by Gasteiger charge is -2.08. The van der Waals surface area contributed by atoms with Crippen LogP contribution in [0.5, 0.6) is 0 Å². The number of nitrogens with two attached hydrogens (primary N) is 1. The molecule has 0 saturated carbocycles. The quantitative estimate of drug-likeness (QED) is 0.933. The van der Waals surface area contributed by atoms with E-state index in [1.807, 2.05) is 0 Å². The second kappa shape index (κ2) is 4.65. The van der Waals surface area contributed by atoms with Gasteiger partial charge < -0.3 is 10.3 Å². The first-order chi connectivity index (χ1) is 8.80. The monoisotopic (exact) mass is 284 g/mol. The number of halogens is 1. The minimum Gasteiger partial charge on any atom is -0.380 e. The number of hydrogen-bond acceptors (Lipinski definition) is 5. The van der Waals surface area contributed by atoms with Gasteiger partial charge in [0.15, 0.2) is 21.4 Å². The summed E-state index contributed by atoms with van der Waals surface area (Å²) in [4.78, 5) is 0. The van der Waals surface area contributed by atoms with Crippen LogP contribution in [0.2, 0.25) is 0 Å². The van der Waals surface area contributed by atoms with Gasteiger partial charge in [0.25, 0.3) is 0 Å². The minimum atomic E-state index is -3.34. The van der Waals surface area contributed by atoms with E-state index in [1.54, 1.807) is 0 Å². The van der Waals surface area contributed by atoms with E-state index in [4.69, 9.17) is 10.3 Å². The highest BCUT2D eigenvalue weighted by Gasteiger charge is 2.27. The molecule has 1 aromatic heterocycles. The fraction of sp³-hybridized carbons (Fsp3) is 0.250. The Bertz CT molecular complexity index is 692. The zero-order valence-corrected chi connectivity index (χ0v) is 11.2. The minimum absolute atomic E-state index is 0.0807. The van der Waals surface area contributed by atoms with E-state index >= 15 is 0 Å². The lowest BCUT2D eigenvalue weighted by molar-refractivity contribution is 0.385. The summed E-state index contributed by atoms with van der Waals surface area (Å²) in [5.74, 6) is -0.153. The highest BCUT2D eigenvalue weighted by atomic mass is 32.2. The number of nitrogen functional groups attached to an aromatic ring is 1. The van der Waals surface area contributed by atoms with Gasteiger partial charge in [-0.1, -0.05) is 17.3 Å². The summed E-state index contributed by atoms with van der Waals surface area (Å²) in [7, 11) is -3.34. The Hall–Kier alpha value is -1.89. The summed E-state index contributed by atoms with van der Waals surface area (Å²) in [5.41, 5.74) is 6.65. The van der Waals surface area contributed by atoms with Crippen molar-refractivity contribution in [2.75, 3.05) is 12.0 Å². The Labute approximate surface area is 110 Å². The normalized spacial score (nSPS) is 13.4. The third-order valence-electron chi connectivity index (χ3n) is 2.89. The van der Waals surface area contributed by atoms with E-state index in [0.29, 0.717) is 11.1 Å². The first-order valence-electron chi connectivity index (χ1n) is 5.50. The predicted octanol–water partition coefficient (Wildman–Crippen LogP) is 2.17. The van der Waals surface area contributed by atoms with Crippen LogP contribution in [0.1, 0.15) is 17.9 Å². The van der Waals surface area contributed by atoms with Gasteiger partial charge in [0.1, 0.15) is 11.1 Å². The number of sulfone groups is 1. The van der Waals surface area contributed by atoms with Crippen molar-refractivity contribution in [2.45, 2.75) is 12.2 Å². The maximum absolute atomic E-state index is 12.9. The van der Waals surface area contributed by atoms with Crippen LogP contribution in [-0.2, 0) is 9.84 Å². The van der Waals surface area contributed by atoms with Gasteiger partial charge in [0.05, 0.1) is 5.56 Å². The molecular weight excluding hydrogens is 271 g/mol. The van der Waals surface area contributed by atoms with Crippen LogP contribution in [-0.4, -0.2) is 19.8 Å². The molecule has 2 aromatic rings. The van der Waals surface area contributed by atoms with E-state index in [0.717, 1.165) is 6.26 Å². The van der Waals surface area contributed by atoms with Crippen LogP contribution in [0.15, 0.2) is 28.8 Å². The Morgan fingerprint density at radius 3 is 2.42 bits per heavy atom. The van der Waals surface area contributed by atoms with Crippen LogP contribution in [0.4, 0.5) is 10.2 Å². The van der Waals surface area contributed by atoms with Gasteiger partial charge in [-0.05, 0) is 24.6 Å². The van der Waals surface area contributed by atoms with Crippen molar-refractivity contribution in [1.29, 1.82) is 0 Å². The second-order valence-electron chi connectivity index (χ2n) is 4.29. The molecule has 0 aliphatic carbocycles. The molecule has 7 heteroatoms. The first-order valence-corrected chi connectivity index (χ1v) is 7.46. The fourth-order valence-corrected chi connectivity index (χ4v) is 2.24. The molecule has 0 aliphatic heterocycles. The van der Waals surface area contributed by atoms with E-state index < -0.39 is 20.9 Å². The number of nitrogens with zero attached hydrogens (tertiary/aromatic N) is 1. The largest absolute Gasteiger partial charge is 0.380 e. The molecular formula is C12H13FN2O3S. The van der Waals surface area contributed by atoms with Crippen molar-refractivity contribution in [1.82, 2.24) is 5.16 Å². The maximum atomic E-state index is 12.9. The molecule has 1 atom stereocenters.